The largest absolute Gasteiger partial charge is 0.508 e. The quantitative estimate of drug-likeness (QED) is 0.0983. The van der Waals surface area contributed by atoms with Crippen molar-refractivity contribution in [1.29, 1.82) is 0 Å². The van der Waals surface area contributed by atoms with Gasteiger partial charge >= 0.3 is 0 Å². The van der Waals surface area contributed by atoms with Crippen LogP contribution < -0.4 is 10.6 Å². The minimum Gasteiger partial charge on any atom is -0.508 e. The van der Waals surface area contributed by atoms with Crippen molar-refractivity contribution in [3.05, 3.63) is 173 Å². The molecule has 10 aromatic rings. The summed E-state index contributed by atoms with van der Waals surface area (Å²) >= 11 is 3.04. The van der Waals surface area contributed by atoms with Crippen LogP contribution in [0.3, 0.4) is 0 Å². The Kier molecular flexibility index (Phi) is 11.3. The Labute approximate surface area is 345 Å². The Hall–Kier alpha value is -7.82. The monoisotopic (exact) mass is 815 g/mol. The van der Waals surface area contributed by atoms with Crippen molar-refractivity contribution in [3.8, 4) is 39.8 Å². The number of para-hydroxylation sites is 2. The molecule has 0 fully saturated rings. The fourth-order valence-corrected chi connectivity index (χ4v) is 7.35. The summed E-state index contributed by atoms with van der Waals surface area (Å²) in [6.07, 6.45) is 7.21. The van der Waals surface area contributed by atoms with Crippen molar-refractivity contribution < 1.29 is 10.0 Å². The minimum absolute atomic E-state index is 0.0814. The van der Waals surface area contributed by atoms with Crippen molar-refractivity contribution >= 4 is 66.9 Å². The zero-order valence-corrected chi connectivity index (χ0v) is 32.8. The molecule has 59 heavy (non-hydrogen) atoms. The van der Waals surface area contributed by atoms with Gasteiger partial charge in [-0.1, -0.05) is 36.4 Å². The normalized spacial score (nSPS) is 10.7. The first-order chi connectivity index (χ1) is 28.9. The second kappa shape index (κ2) is 17.5. The molecule has 7 aromatic heterocycles. The van der Waals surface area contributed by atoms with E-state index in [1.54, 1.807) is 48.9 Å². The molecule has 0 saturated carbocycles. The predicted octanol–water partition coefficient (Wildman–Crippen LogP) is 10.4. The Morgan fingerprint density at radius 3 is 1.83 bits per heavy atom. The lowest BCUT2D eigenvalue weighted by Crippen LogP contribution is -1.91. The van der Waals surface area contributed by atoms with E-state index in [4.69, 9.17) is 0 Å². The van der Waals surface area contributed by atoms with E-state index in [1.165, 1.54) is 34.8 Å². The maximum atomic E-state index is 10.7. The van der Waals surface area contributed by atoms with E-state index >= 15 is 0 Å². The van der Waals surface area contributed by atoms with E-state index in [0.29, 0.717) is 0 Å². The number of imidazole rings is 2. The molecule has 0 aliphatic heterocycles. The molecule has 290 valence electrons. The molecule has 16 heteroatoms. The van der Waals surface area contributed by atoms with Gasteiger partial charge in [-0.15, -0.1) is 22.7 Å². The number of nitro benzene ring substituents is 1. The van der Waals surface area contributed by atoms with Crippen LogP contribution in [0.2, 0.25) is 0 Å². The third-order valence-electron chi connectivity index (χ3n) is 8.72. The van der Waals surface area contributed by atoms with Gasteiger partial charge in [-0.05, 0) is 72.8 Å². The summed E-state index contributed by atoms with van der Waals surface area (Å²) in [6.45, 7) is 0. The predicted molar refractivity (Wildman–Crippen MR) is 233 cm³/mol. The SMILES string of the molecule is Cn1c2ccccc2n2cc(-c3ccc([N+](=O)[O-])cc3)nc12.Oc1cccc(Nc2nc(-c3ccccn3)cs2)c1.c1ccc(Nc2nc(-c3ccccn3)cs2)nc1. The van der Waals surface area contributed by atoms with Crippen LogP contribution in [0.4, 0.5) is 27.5 Å². The lowest BCUT2D eigenvalue weighted by molar-refractivity contribution is -0.384. The van der Waals surface area contributed by atoms with Gasteiger partial charge in [-0.2, -0.15) is 0 Å². The Balaban J connectivity index is 0.000000124. The Bertz CT molecular complexity index is 2950. The first-order valence-electron chi connectivity index (χ1n) is 18.0. The number of hydrogen-bond acceptors (Lipinski definition) is 13. The van der Waals surface area contributed by atoms with Gasteiger partial charge in [-0.3, -0.25) is 24.5 Å². The number of rotatable bonds is 8. The molecular formula is C43H33N11O3S2. The highest BCUT2D eigenvalue weighted by Gasteiger charge is 2.13. The van der Waals surface area contributed by atoms with Gasteiger partial charge in [0.25, 0.3) is 5.69 Å². The van der Waals surface area contributed by atoms with E-state index in [2.05, 4.69) is 46.6 Å². The summed E-state index contributed by atoms with van der Waals surface area (Å²) < 4.78 is 4.07. The van der Waals surface area contributed by atoms with Gasteiger partial charge < -0.3 is 20.3 Å². The van der Waals surface area contributed by atoms with Gasteiger partial charge in [0.1, 0.15) is 23.0 Å². The smallest absolute Gasteiger partial charge is 0.269 e. The van der Waals surface area contributed by atoms with Gasteiger partial charge in [0.15, 0.2) is 10.3 Å². The molecule has 3 aromatic carbocycles. The van der Waals surface area contributed by atoms with Crippen molar-refractivity contribution in [1.82, 2.24) is 38.9 Å². The van der Waals surface area contributed by atoms with Crippen LogP contribution in [-0.4, -0.2) is 48.9 Å². The van der Waals surface area contributed by atoms with E-state index in [9.17, 15) is 15.2 Å². The summed E-state index contributed by atoms with van der Waals surface area (Å²) in [4.78, 5) is 36.6. The van der Waals surface area contributed by atoms with Gasteiger partial charge in [0.2, 0.25) is 5.78 Å². The third kappa shape index (κ3) is 9.09. The molecule has 0 radical (unpaired) electrons. The summed E-state index contributed by atoms with van der Waals surface area (Å²) in [7, 11) is 1.98. The Morgan fingerprint density at radius 1 is 0.627 bits per heavy atom. The number of phenols is 1. The number of aryl methyl sites for hydroxylation is 1. The van der Waals surface area contributed by atoms with Crippen molar-refractivity contribution in [2.75, 3.05) is 10.6 Å². The van der Waals surface area contributed by atoms with Crippen LogP contribution in [0.1, 0.15) is 0 Å². The number of nitrogens with zero attached hydrogens (tertiary/aromatic N) is 9. The maximum Gasteiger partial charge on any atom is 0.269 e. The Morgan fingerprint density at radius 2 is 1.24 bits per heavy atom. The topological polar surface area (TPSA) is 174 Å². The first-order valence-corrected chi connectivity index (χ1v) is 19.8. The van der Waals surface area contributed by atoms with Crippen LogP contribution in [0.25, 0.3) is 50.8 Å². The number of pyridine rings is 3. The number of nitrogens with one attached hydrogen (secondary N) is 2. The van der Waals surface area contributed by atoms with Crippen LogP contribution in [0, 0.1) is 10.1 Å². The fraction of sp³-hybridized carbons (Fsp3) is 0.0233. The average molecular weight is 816 g/mol. The van der Waals surface area contributed by atoms with Crippen LogP contribution >= 0.6 is 22.7 Å². The number of non-ortho nitro benzene ring substituents is 1. The van der Waals surface area contributed by atoms with E-state index in [-0.39, 0.29) is 11.4 Å². The summed E-state index contributed by atoms with van der Waals surface area (Å²) in [5, 5.41) is 32.0. The number of aromatic hydroxyl groups is 1. The summed E-state index contributed by atoms with van der Waals surface area (Å²) in [5.74, 6) is 1.86. The van der Waals surface area contributed by atoms with Gasteiger partial charge in [0, 0.05) is 72.0 Å². The number of thiazole rings is 2. The molecule has 0 aliphatic rings. The molecular weight excluding hydrogens is 783 g/mol. The van der Waals surface area contributed by atoms with Crippen molar-refractivity contribution in [2.24, 2.45) is 7.05 Å². The number of phenolic OH excluding ortho intramolecular Hbond substituents is 1. The lowest BCUT2D eigenvalue weighted by atomic mass is 10.1. The molecule has 3 N–H and O–H groups in total. The first kappa shape index (κ1) is 38.1. The maximum absolute atomic E-state index is 10.7. The van der Waals surface area contributed by atoms with E-state index in [0.717, 1.165) is 72.6 Å². The standard InChI is InChI=1S/C16H12N4O2.C14H11N3OS.C13H10N4S/c1-18-14-4-2-3-5-15(14)19-10-13(17-16(18)19)11-6-8-12(9-7-11)20(21)22;18-11-5-3-4-10(8-11)16-14-17-13(9-19-14)12-6-1-2-7-15-12;1-3-7-14-10(5-1)11-9-18-13(16-11)17-12-6-2-4-8-15-12/h2-10H,1H3;1-9,18H,(H,16,17);1-9H,(H,15,16,17). The second-order valence-corrected chi connectivity index (χ2v) is 14.4. The molecule has 0 unspecified atom stereocenters. The molecule has 0 bridgehead atoms. The van der Waals surface area contributed by atoms with E-state index in [1.807, 2.05) is 112 Å². The molecule has 10 rings (SSSR count). The number of nitro groups is 1. The molecule has 0 spiro atoms. The molecule has 0 saturated heterocycles. The van der Waals surface area contributed by atoms with Gasteiger partial charge in [-0.25, -0.2) is 19.9 Å². The zero-order chi connectivity index (χ0) is 40.6. The highest BCUT2D eigenvalue weighted by atomic mass is 32.1. The van der Waals surface area contributed by atoms with Crippen LogP contribution in [0.15, 0.2) is 163 Å². The zero-order valence-electron chi connectivity index (χ0n) is 31.2. The number of aromatic nitrogens is 8. The molecule has 7 heterocycles. The second-order valence-electron chi connectivity index (χ2n) is 12.7. The highest BCUT2D eigenvalue weighted by Crippen LogP contribution is 2.29. The third-order valence-corrected chi connectivity index (χ3v) is 10.2. The molecule has 0 atom stereocenters. The van der Waals surface area contributed by atoms with Crippen LogP contribution in [-0.2, 0) is 7.05 Å². The van der Waals surface area contributed by atoms with Crippen molar-refractivity contribution in [2.45, 2.75) is 0 Å². The van der Waals surface area contributed by atoms with Gasteiger partial charge in [0.05, 0.1) is 33.0 Å². The van der Waals surface area contributed by atoms with E-state index < -0.39 is 4.92 Å². The summed E-state index contributed by atoms with van der Waals surface area (Å²) in [5.41, 5.74) is 8.18. The fourth-order valence-electron chi connectivity index (χ4n) is 5.92. The lowest BCUT2D eigenvalue weighted by Gasteiger charge is -2.02. The van der Waals surface area contributed by atoms with Crippen LogP contribution in [0.5, 0.6) is 5.75 Å². The number of benzene rings is 3. The summed E-state index contributed by atoms with van der Waals surface area (Å²) in [6, 6.07) is 38.7. The number of hydrogen-bond donors (Lipinski definition) is 3. The average Bonchev–Trinajstić information content (AvgIpc) is 4.09. The minimum atomic E-state index is -0.402. The highest BCUT2D eigenvalue weighted by molar-refractivity contribution is 7.14. The molecule has 0 amide bonds. The van der Waals surface area contributed by atoms with Crippen molar-refractivity contribution in [3.63, 3.8) is 0 Å². The molecule has 0 aliphatic carbocycles. The number of fused-ring (bicyclic) bond motifs is 3. The molecule has 14 nitrogen and oxygen atoms in total. The number of anilines is 4.